The highest BCUT2D eigenvalue weighted by Crippen LogP contribution is 2.42. The topological polar surface area (TPSA) is 32.8 Å². The SMILES string of the molecule is CCC1(C)OC1CC/C(C)=C/CC/C(C)=C/CO. The lowest BCUT2D eigenvalue weighted by Crippen LogP contribution is -2.07. The van der Waals surface area contributed by atoms with Crippen molar-refractivity contribution in [1.29, 1.82) is 0 Å². The van der Waals surface area contributed by atoms with Crippen LogP contribution in [0.1, 0.15) is 59.8 Å². The van der Waals surface area contributed by atoms with Gasteiger partial charge < -0.3 is 9.84 Å². The predicted molar refractivity (Wildman–Crippen MR) is 76.6 cm³/mol. The Morgan fingerprint density at radius 1 is 1.22 bits per heavy atom. The summed E-state index contributed by atoms with van der Waals surface area (Å²) in [5, 5.41) is 8.76. The van der Waals surface area contributed by atoms with Gasteiger partial charge >= 0.3 is 0 Å². The Labute approximate surface area is 112 Å². The van der Waals surface area contributed by atoms with Gasteiger partial charge in [0.05, 0.1) is 18.3 Å². The smallest absolute Gasteiger partial charge is 0.0918 e. The van der Waals surface area contributed by atoms with Crippen LogP contribution in [0.15, 0.2) is 23.3 Å². The fraction of sp³-hybridized carbons (Fsp3) is 0.750. The van der Waals surface area contributed by atoms with Crippen molar-refractivity contribution in [3.05, 3.63) is 23.3 Å². The summed E-state index contributed by atoms with van der Waals surface area (Å²) in [5.74, 6) is 0. The Bertz CT molecular complexity index is 317. The molecule has 1 heterocycles. The first-order valence-corrected chi connectivity index (χ1v) is 7.11. The highest BCUT2D eigenvalue weighted by atomic mass is 16.6. The summed E-state index contributed by atoms with van der Waals surface area (Å²) in [7, 11) is 0. The summed E-state index contributed by atoms with van der Waals surface area (Å²) in [4.78, 5) is 0. The molecule has 0 saturated carbocycles. The molecule has 1 fully saturated rings. The number of hydrogen-bond acceptors (Lipinski definition) is 2. The molecule has 0 aliphatic carbocycles. The van der Waals surface area contributed by atoms with Gasteiger partial charge in [-0.25, -0.2) is 0 Å². The molecule has 1 rings (SSSR count). The number of epoxide rings is 1. The zero-order valence-corrected chi connectivity index (χ0v) is 12.3. The molecular formula is C16H28O2. The van der Waals surface area contributed by atoms with Gasteiger partial charge in [-0.1, -0.05) is 30.2 Å². The molecule has 1 N–H and O–H groups in total. The summed E-state index contributed by atoms with van der Waals surface area (Å²) in [6.45, 7) is 8.84. The second-order valence-corrected chi connectivity index (χ2v) is 5.63. The Balaban J connectivity index is 2.17. The first-order chi connectivity index (χ1) is 8.51. The molecule has 2 heteroatoms. The van der Waals surface area contributed by atoms with Crippen molar-refractivity contribution in [2.24, 2.45) is 0 Å². The molecule has 0 spiro atoms. The van der Waals surface area contributed by atoms with Gasteiger partial charge in [0.25, 0.3) is 0 Å². The van der Waals surface area contributed by atoms with Crippen LogP contribution in [0.25, 0.3) is 0 Å². The van der Waals surface area contributed by atoms with E-state index in [1.165, 1.54) is 11.1 Å². The average Bonchev–Trinajstić information content (AvgIpc) is 2.99. The monoisotopic (exact) mass is 252 g/mol. The number of allylic oxidation sites excluding steroid dienone is 3. The summed E-state index contributed by atoms with van der Waals surface area (Å²) < 4.78 is 5.71. The van der Waals surface area contributed by atoms with Crippen molar-refractivity contribution < 1.29 is 9.84 Å². The zero-order valence-electron chi connectivity index (χ0n) is 12.3. The van der Waals surface area contributed by atoms with Crippen LogP contribution in [0.4, 0.5) is 0 Å². The van der Waals surface area contributed by atoms with Crippen LogP contribution in [0.2, 0.25) is 0 Å². The number of aliphatic hydroxyl groups excluding tert-OH is 1. The van der Waals surface area contributed by atoms with Crippen LogP contribution in [0, 0.1) is 0 Å². The largest absolute Gasteiger partial charge is 0.392 e. The maximum Gasteiger partial charge on any atom is 0.0918 e. The summed E-state index contributed by atoms with van der Waals surface area (Å²) in [6, 6.07) is 0. The summed E-state index contributed by atoms with van der Waals surface area (Å²) >= 11 is 0. The van der Waals surface area contributed by atoms with Crippen LogP contribution in [-0.4, -0.2) is 23.4 Å². The van der Waals surface area contributed by atoms with Gasteiger partial charge in [-0.05, 0) is 52.9 Å². The molecule has 1 saturated heterocycles. The zero-order chi connectivity index (χ0) is 13.6. The molecule has 1 aliphatic rings. The molecule has 2 atom stereocenters. The van der Waals surface area contributed by atoms with Gasteiger partial charge in [0.2, 0.25) is 0 Å². The number of ether oxygens (including phenoxy) is 1. The van der Waals surface area contributed by atoms with Crippen LogP contribution in [0.3, 0.4) is 0 Å². The molecule has 18 heavy (non-hydrogen) atoms. The lowest BCUT2D eigenvalue weighted by atomic mass is 9.99. The highest BCUT2D eigenvalue weighted by Gasteiger charge is 2.49. The van der Waals surface area contributed by atoms with E-state index in [9.17, 15) is 0 Å². The predicted octanol–water partition coefficient (Wildman–Crippen LogP) is 4.00. The van der Waals surface area contributed by atoms with E-state index in [1.54, 1.807) is 0 Å². The highest BCUT2D eigenvalue weighted by molar-refractivity contribution is 5.06. The van der Waals surface area contributed by atoms with Crippen molar-refractivity contribution in [2.75, 3.05) is 6.61 Å². The minimum absolute atomic E-state index is 0.156. The molecule has 0 bridgehead atoms. The van der Waals surface area contributed by atoms with E-state index < -0.39 is 0 Å². The summed E-state index contributed by atoms with van der Waals surface area (Å²) in [6.07, 6.45) is 10.2. The average molecular weight is 252 g/mol. The first kappa shape index (κ1) is 15.5. The molecular weight excluding hydrogens is 224 g/mol. The van der Waals surface area contributed by atoms with Crippen molar-refractivity contribution >= 4 is 0 Å². The molecule has 0 aromatic rings. The van der Waals surface area contributed by atoms with E-state index in [4.69, 9.17) is 9.84 Å². The van der Waals surface area contributed by atoms with Gasteiger partial charge in [-0.2, -0.15) is 0 Å². The van der Waals surface area contributed by atoms with Crippen molar-refractivity contribution in [1.82, 2.24) is 0 Å². The third-order valence-electron chi connectivity index (χ3n) is 4.01. The molecule has 1 aliphatic heterocycles. The van der Waals surface area contributed by atoms with E-state index in [1.807, 2.05) is 6.08 Å². The quantitative estimate of drug-likeness (QED) is 0.523. The third-order valence-corrected chi connectivity index (χ3v) is 4.01. The van der Waals surface area contributed by atoms with E-state index in [0.717, 1.165) is 32.1 Å². The van der Waals surface area contributed by atoms with Crippen LogP contribution in [-0.2, 0) is 4.74 Å². The standard InChI is InChI=1S/C16H28O2/c1-5-16(4)15(18-16)10-9-13(2)7-6-8-14(3)11-12-17/h7,11,15,17H,5-6,8-10,12H2,1-4H3/b13-7+,14-11+. The van der Waals surface area contributed by atoms with Crippen molar-refractivity contribution in [2.45, 2.75) is 71.5 Å². The van der Waals surface area contributed by atoms with E-state index in [0.29, 0.717) is 6.10 Å². The van der Waals surface area contributed by atoms with Crippen molar-refractivity contribution in [3.63, 3.8) is 0 Å². The van der Waals surface area contributed by atoms with Gasteiger partial charge in [0, 0.05) is 0 Å². The Morgan fingerprint density at radius 3 is 2.44 bits per heavy atom. The lowest BCUT2D eigenvalue weighted by molar-refractivity contribution is 0.300. The van der Waals surface area contributed by atoms with Gasteiger partial charge in [-0.3, -0.25) is 0 Å². The third kappa shape index (κ3) is 4.95. The fourth-order valence-corrected chi connectivity index (χ4v) is 2.23. The molecule has 0 aromatic carbocycles. The van der Waals surface area contributed by atoms with Gasteiger partial charge in [-0.15, -0.1) is 0 Å². The van der Waals surface area contributed by atoms with Crippen LogP contribution in [0.5, 0.6) is 0 Å². The lowest BCUT2D eigenvalue weighted by Gasteiger charge is -2.03. The first-order valence-electron chi connectivity index (χ1n) is 7.11. The normalized spacial score (nSPS) is 28.6. The van der Waals surface area contributed by atoms with Gasteiger partial charge in [0.15, 0.2) is 0 Å². The van der Waals surface area contributed by atoms with E-state index in [2.05, 4.69) is 33.8 Å². The maximum atomic E-state index is 8.76. The Morgan fingerprint density at radius 2 is 1.89 bits per heavy atom. The second kappa shape index (κ2) is 7.10. The molecule has 104 valence electrons. The minimum atomic E-state index is 0.156. The van der Waals surface area contributed by atoms with E-state index >= 15 is 0 Å². The molecule has 0 radical (unpaired) electrons. The molecule has 0 aromatic heterocycles. The molecule has 2 unspecified atom stereocenters. The number of hydrogen-bond donors (Lipinski definition) is 1. The summed E-state index contributed by atoms with van der Waals surface area (Å²) in [5.41, 5.74) is 2.90. The Hall–Kier alpha value is -0.600. The maximum absolute atomic E-state index is 8.76. The molecule has 0 amide bonds. The minimum Gasteiger partial charge on any atom is -0.392 e. The van der Waals surface area contributed by atoms with Gasteiger partial charge in [0.1, 0.15) is 0 Å². The Kier molecular flexibility index (Phi) is 6.10. The second-order valence-electron chi connectivity index (χ2n) is 5.63. The van der Waals surface area contributed by atoms with Crippen molar-refractivity contribution in [3.8, 4) is 0 Å². The number of aliphatic hydroxyl groups is 1. The van der Waals surface area contributed by atoms with E-state index in [-0.39, 0.29) is 12.2 Å². The number of rotatable bonds is 8. The van der Waals surface area contributed by atoms with Crippen LogP contribution < -0.4 is 0 Å². The fourth-order valence-electron chi connectivity index (χ4n) is 2.23. The van der Waals surface area contributed by atoms with Crippen LogP contribution >= 0.6 is 0 Å². The molecule has 2 nitrogen and oxygen atoms in total.